The van der Waals surface area contributed by atoms with Crippen LogP contribution in [0, 0.1) is 5.82 Å². The van der Waals surface area contributed by atoms with E-state index in [-0.39, 0.29) is 36.5 Å². The fourth-order valence-corrected chi connectivity index (χ4v) is 3.70. The van der Waals surface area contributed by atoms with Gasteiger partial charge in [-0.05, 0) is 29.8 Å². The summed E-state index contributed by atoms with van der Waals surface area (Å²) in [7, 11) is 0. The average molecular weight is 422 g/mol. The Hall–Kier alpha value is -3.55. The molecule has 3 amide bonds. The van der Waals surface area contributed by atoms with Gasteiger partial charge in [-0.15, -0.1) is 0 Å². The van der Waals surface area contributed by atoms with E-state index in [1.807, 2.05) is 18.2 Å². The Morgan fingerprint density at radius 1 is 0.839 bits per heavy atom. The molecule has 2 heterocycles. The minimum atomic E-state index is -0.349. The summed E-state index contributed by atoms with van der Waals surface area (Å²) in [6, 6.07) is 14.9. The van der Waals surface area contributed by atoms with Gasteiger partial charge >= 0.3 is 0 Å². The van der Waals surface area contributed by atoms with E-state index < -0.39 is 0 Å². The zero-order chi connectivity index (χ0) is 21.8. The molecule has 1 saturated heterocycles. The molecule has 160 valence electrons. The largest absolute Gasteiger partial charge is 0.335 e. The lowest BCUT2D eigenvalue weighted by atomic mass is 10.1. The van der Waals surface area contributed by atoms with Crippen LogP contribution in [0.15, 0.2) is 59.7 Å². The van der Waals surface area contributed by atoms with Crippen LogP contribution in [0.3, 0.4) is 0 Å². The minimum Gasteiger partial charge on any atom is -0.335 e. The lowest BCUT2D eigenvalue weighted by molar-refractivity contribution is -0.132. The van der Waals surface area contributed by atoms with Gasteiger partial charge in [-0.2, -0.15) is 5.10 Å². The predicted octanol–water partition coefficient (Wildman–Crippen LogP) is 2.29. The molecule has 0 atom stereocenters. The number of carbonyl (C=O) groups is 3. The third kappa shape index (κ3) is 4.79. The first-order chi connectivity index (χ1) is 15.0. The van der Waals surface area contributed by atoms with Gasteiger partial charge in [-0.1, -0.05) is 30.3 Å². The van der Waals surface area contributed by atoms with Gasteiger partial charge in [0.15, 0.2) is 0 Å². The summed E-state index contributed by atoms with van der Waals surface area (Å²) < 4.78 is 13.1. The first kappa shape index (κ1) is 20.7. The number of rotatable bonds is 4. The summed E-state index contributed by atoms with van der Waals surface area (Å²) >= 11 is 0. The first-order valence-corrected chi connectivity index (χ1v) is 10.3. The van der Waals surface area contributed by atoms with Crippen LogP contribution >= 0.6 is 0 Å². The summed E-state index contributed by atoms with van der Waals surface area (Å²) in [5.41, 5.74) is 1.71. The van der Waals surface area contributed by atoms with E-state index >= 15 is 0 Å². The van der Waals surface area contributed by atoms with Crippen molar-refractivity contribution in [2.75, 3.05) is 26.2 Å². The molecule has 4 rings (SSSR count). The summed E-state index contributed by atoms with van der Waals surface area (Å²) in [6.45, 7) is 1.93. The van der Waals surface area contributed by atoms with Crippen LogP contribution in [0.4, 0.5) is 4.39 Å². The van der Waals surface area contributed by atoms with Crippen molar-refractivity contribution in [3.63, 3.8) is 0 Å². The Labute approximate surface area is 179 Å². The molecule has 0 N–H and O–H groups in total. The van der Waals surface area contributed by atoms with E-state index in [0.717, 1.165) is 5.56 Å². The van der Waals surface area contributed by atoms with Crippen molar-refractivity contribution in [1.82, 2.24) is 14.8 Å². The first-order valence-electron chi connectivity index (χ1n) is 10.3. The van der Waals surface area contributed by atoms with E-state index in [2.05, 4.69) is 5.10 Å². The second kappa shape index (κ2) is 9.07. The van der Waals surface area contributed by atoms with Gasteiger partial charge in [0.2, 0.25) is 5.91 Å². The second-order valence-corrected chi connectivity index (χ2v) is 7.57. The quantitative estimate of drug-likeness (QED) is 0.759. The molecule has 0 saturated carbocycles. The van der Waals surface area contributed by atoms with Gasteiger partial charge in [-0.25, -0.2) is 9.40 Å². The van der Waals surface area contributed by atoms with E-state index in [1.165, 1.54) is 17.1 Å². The molecule has 2 aromatic rings. The van der Waals surface area contributed by atoms with Crippen molar-refractivity contribution < 1.29 is 18.8 Å². The number of halogens is 1. The molecule has 1 fully saturated rings. The van der Waals surface area contributed by atoms with Crippen LogP contribution in [0.5, 0.6) is 0 Å². The zero-order valence-electron chi connectivity index (χ0n) is 17.0. The van der Waals surface area contributed by atoms with Crippen molar-refractivity contribution in [3.05, 3.63) is 71.5 Å². The lowest BCUT2D eigenvalue weighted by Gasteiger charge is -2.35. The smallest absolute Gasteiger partial charge is 0.270 e. The molecule has 8 heteroatoms. The number of hydrogen-bond donors (Lipinski definition) is 0. The zero-order valence-corrected chi connectivity index (χ0v) is 17.0. The highest BCUT2D eigenvalue weighted by Gasteiger charge is 2.30. The lowest BCUT2D eigenvalue weighted by Crippen LogP contribution is -2.52. The normalized spacial score (nSPS) is 16.9. The van der Waals surface area contributed by atoms with Crippen LogP contribution in [-0.2, 0) is 16.1 Å². The number of hydrogen-bond acceptors (Lipinski definition) is 4. The predicted molar refractivity (Wildman–Crippen MR) is 113 cm³/mol. The van der Waals surface area contributed by atoms with E-state index in [1.54, 1.807) is 34.1 Å². The van der Waals surface area contributed by atoms with Crippen molar-refractivity contribution in [2.24, 2.45) is 5.10 Å². The topological polar surface area (TPSA) is 73.3 Å². The summed E-state index contributed by atoms with van der Waals surface area (Å²) in [4.78, 5) is 41.2. The molecule has 31 heavy (non-hydrogen) atoms. The van der Waals surface area contributed by atoms with Crippen molar-refractivity contribution in [1.29, 1.82) is 0 Å². The maximum Gasteiger partial charge on any atom is 0.270 e. The van der Waals surface area contributed by atoms with Crippen molar-refractivity contribution >= 4 is 23.4 Å². The van der Waals surface area contributed by atoms with Crippen LogP contribution in [0.25, 0.3) is 0 Å². The van der Waals surface area contributed by atoms with Gasteiger partial charge < -0.3 is 9.80 Å². The highest BCUT2D eigenvalue weighted by molar-refractivity contribution is 6.39. The molecule has 2 aliphatic heterocycles. The highest BCUT2D eigenvalue weighted by atomic mass is 19.1. The number of nitrogens with zero attached hydrogens (tertiary/aromatic N) is 4. The molecule has 0 aliphatic carbocycles. The molecule has 7 nitrogen and oxygen atoms in total. The molecule has 2 aliphatic rings. The van der Waals surface area contributed by atoms with Gasteiger partial charge in [0.1, 0.15) is 11.5 Å². The monoisotopic (exact) mass is 422 g/mol. The summed E-state index contributed by atoms with van der Waals surface area (Å²) in [5, 5.41) is 5.57. The minimum absolute atomic E-state index is 0.0428. The number of benzene rings is 2. The van der Waals surface area contributed by atoms with E-state index in [0.29, 0.717) is 43.9 Å². The Morgan fingerprint density at radius 2 is 1.45 bits per heavy atom. The maximum absolute atomic E-state index is 13.1. The Balaban J connectivity index is 1.38. The third-order valence-electron chi connectivity index (χ3n) is 5.47. The van der Waals surface area contributed by atoms with Crippen molar-refractivity contribution in [2.45, 2.75) is 19.4 Å². The fourth-order valence-electron chi connectivity index (χ4n) is 3.70. The SMILES string of the molecule is O=C(C1=NN(Cc2ccc(F)cc2)C(=O)CC1)N1CCN(C(=O)c2ccccc2)CC1. The van der Waals surface area contributed by atoms with Gasteiger partial charge in [-0.3, -0.25) is 14.4 Å². The van der Waals surface area contributed by atoms with Crippen molar-refractivity contribution in [3.8, 4) is 0 Å². The standard InChI is InChI=1S/C23H23FN4O3/c24-19-8-6-17(7-9-19)16-28-21(29)11-10-20(25-28)23(31)27-14-12-26(13-15-27)22(30)18-4-2-1-3-5-18/h1-9H,10-16H2. The van der Waals surface area contributed by atoms with Gasteiger partial charge in [0.05, 0.1) is 6.54 Å². The molecular formula is C23H23FN4O3. The fraction of sp³-hybridized carbons (Fsp3) is 0.304. The van der Waals surface area contributed by atoms with E-state index in [9.17, 15) is 18.8 Å². The molecule has 2 aromatic carbocycles. The Bertz CT molecular complexity index is 999. The second-order valence-electron chi connectivity index (χ2n) is 7.57. The van der Waals surface area contributed by atoms with E-state index in [4.69, 9.17) is 0 Å². The van der Waals surface area contributed by atoms with Crippen LogP contribution in [-0.4, -0.2) is 64.4 Å². The Morgan fingerprint density at radius 3 is 2.10 bits per heavy atom. The van der Waals surface area contributed by atoms with Gasteiger partial charge in [0.25, 0.3) is 11.8 Å². The molecule has 0 spiro atoms. The van der Waals surface area contributed by atoms with Crippen LogP contribution in [0.1, 0.15) is 28.8 Å². The number of carbonyl (C=O) groups excluding carboxylic acids is 3. The highest BCUT2D eigenvalue weighted by Crippen LogP contribution is 2.16. The maximum atomic E-state index is 13.1. The van der Waals surface area contributed by atoms with Crippen LogP contribution < -0.4 is 0 Å². The molecule has 0 radical (unpaired) electrons. The Kier molecular flexibility index (Phi) is 6.06. The molecule has 0 aromatic heterocycles. The molecule has 0 bridgehead atoms. The number of amides is 3. The number of piperazine rings is 1. The number of hydrazone groups is 1. The van der Waals surface area contributed by atoms with Gasteiger partial charge in [0, 0.05) is 44.6 Å². The average Bonchev–Trinajstić information content (AvgIpc) is 2.81. The third-order valence-corrected chi connectivity index (χ3v) is 5.47. The summed E-state index contributed by atoms with van der Waals surface area (Å²) in [5.74, 6) is -0.765. The molecule has 0 unspecified atom stereocenters. The molecular weight excluding hydrogens is 399 g/mol. The summed E-state index contributed by atoms with van der Waals surface area (Å²) in [6.07, 6.45) is 0.499. The van der Waals surface area contributed by atoms with Crippen LogP contribution in [0.2, 0.25) is 0 Å².